The molecule has 1 saturated heterocycles. The molecule has 112 valence electrons. The monoisotopic (exact) mass is 315 g/mol. The summed E-state index contributed by atoms with van der Waals surface area (Å²) in [4.78, 5) is 14.9. The number of rotatable bonds is 4. The van der Waals surface area contributed by atoms with Crippen LogP contribution in [0.5, 0.6) is 5.75 Å². The second kappa shape index (κ2) is 7.08. The molecular weight excluding hydrogens is 294 g/mol. The first kappa shape index (κ1) is 15.3. The Bertz CT molecular complexity index is 468. The lowest BCUT2D eigenvalue weighted by Crippen LogP contribution is -2.25. The van der Waals surface area contributed by atoms with Crippen LogP contribution in [0, 0.1) is 0 Å². The zero-order chi connectivity index (χ0) is 14.5. The van der Waals surface area contributed by atoms with Gasteiger partial charge in [-0.2, -0.15) is 11.8 Å². The molecule has 5 nitrogen and oxygen atoms in total. The molecule has 0 bridgehead atoms. The average molecular weight is 315 g/mol. The van der Waals surface area contributed by atoms with Crippen LogP contribution in [0.1, 0.15) is 23.0 Å². The van der Waals surface area contributed by atoms with Crippen molar-refractivity contribution < 1.29 is 9.53 Å². The first-order valence-corrected chi connectivity index (χ1v) is 8.73. The second-order valence-electron chi connectivity index (χ2n) is 4.50. The highest BCUT2D eigenvalue weighted by Gasteiger charge is 2.25. The molecule has 1 aromatic heterocycles. The van der Waals surface area contributed by atoms with Crippen molar-refractivity contribution in [2.75, 3.05) is 48.9 Å². The van der Waals surface area contributed by atoms with E-state index in [1.807, 2.05) is 18.7 Å². The maximum absolute atomic E-state index is 12.0. The van der Waals surface area contributed by atoms with Gasteiger partial charge in [0.2, 0.25) is 0 Å². The number of thiophene rings is 1. The summed E-state index contributed by atoms with van der Waals surface area (Å²) in [5.41, 5.74) is 6.54. The normalized spacial score (nSPS) is 15.8. The molecule has 0 atom stereocenters. The molecule has 2 rings (SSSR count). The molecule has 2 heterocycles. The number of methoxy groups -OCH3 is 1. The van der Waals surface area contributed by atoms with Crippen LogP contribution in [-0.2, 0) is 0 Å². The fourth-order valence-corrected chi connectivity index (χ4v) is 4.23. The number of thioether (sulfide) groups is 1. The summed E-state index contributed by atoms with van der Waals surface area (Å²) in [5, 5.41) is 3.78. The van der Waals surface area contributed by atoms with E-state index in [4.69, 9.17) is 10.5 Å². The van der Waals surface area contributed by atoms with E-state index < -0.39 is 0 Å². The van der Waals surface area contributed by atoms with Crippen molar-refractivity contribution in [1.29, 1.82) is 0 Å². The molecule has 7 heteroatoms. The topological polar surface area (TPSA) is 67.6 Å². The van der Waals surface area contributed by atoms with Crippen molar-refractivity contribution >= 4 is 39.7 Å². The molecule has 0 aromatic carbocycles. The number of anilines is 2. The fourth-order valence-electron chi connectivity index (χ4n) is 2.18. The van der Waals surface area contributed by atoms with Crippen LogP contribution in [-0.4, -0.2) is 44.2 Å². The number of hydrogen-bond acceptors (Lipinski definition) is 6. The van der Waals surface area contributed by atoms with E-state index in [1.54, 1.807) is 7.11 Å². The molecule has 1 aliphatic rings. The van der Waals surface area contributed by atoms with Crippen molar-refractivity contribution in [2.24, 2.45) is 0 Å². The van der Waals surface area contributed by atoms with E-state index in [0.717, 1.165) is 30.3 Å². The van der Waals surface area contributed by atoms with Gasteiger partial charge >= 0.3 is 0 Å². The standard InChI is InChI=1S/C13H21N3O2S2/c1-3-15-12(17)11-9(14)10(18-2)13(20-11)16-5-4-7-19-8-6-16/h3-8,14H2,1-2H3,(H,15,17). The maximum atomic E-state index is 12.0. The van der Waals surface area contributed by atoms with E-state index >= 15 is 0 Å². The van der Waals surface area contributed by atoms with Crippen molar-refractivity contribution in [3.05, 3.63) is 4.88 Å². The van der Waals surface area contributed by atoms with E-state index in [1.165, 1.54) is 17.1 Å². The summed E-state index contributed by atoms with van der Waals surface area (Å²) >= 11 is 3.39. The van der Waals surface area contributed by atoms with Crippen LogP contribution < -0.4 is 20.7 Å². The molecule has 0 aliphatic carbocycles. The first-order chi connectivity index (χ1) is 9.69. The predicted octanol–water partition coefficient (Wildman–Crippen LogP) is 2.03. The van der Waals surface area contributed by atoms with Crippen molar-refractivity contribution in [2.45, 2.75) is 13.3 Å². The third-order valence-corrected chi connectivity index (χ3v) is 5.43. The Kier molecular flexibility index (Phi) is 5.42. The van der Waals surface area contributed by atoms with Crippen LogP contribution >= 0.6 is 23.1 Å². The fraction of sp³-hybridized carbons (Fsp3) is 0.615. The summed E-state index contributed by atoms with van der Waals surface area (Å²) in [6.45, 7) is 4.44. The van der Waals surface area contributed by atoms with Crippen LogP contribution in [0.25, 0.3) is 0 Å². The van der Waals surface area contributed by atoms with Crippen LogP contribution in [0.2, 0.25) is 0 Å². The Morgan fingerprint density at radius 2 is 2.25 bits per heavy atom. The Hall–Kier alpha value is -1.08. The Balaban J connectivity index is 2.31. The van der Waals surface area contributed by atoms with E-state index in [9.17, 15) is 4.79 Å². The van der Waals surface area contributed by atoms with Crippen LogP contribution in [0.4, 0.5) is 10.7 Å². The van der Waals surface area contributed by atoms with Gasteiger partial charge in [0.05, 0.1) is 7.11 Å². The minimum absolute atomic E-state index is 0.122. The Morgan fingerprint density at radius 1 is 1.45 bits per heavy atom. The quantitative estimate of drug-likeness (QED) is 0.890. The van der Waals surface area contributed by atoms with Crippen molar-refractivity contribution in [3.63, 3.8) is 0 Å². The number of amides is 1. The van der Waals surface area contributed by atoms with E-state index in [2.05, 4.69) is 10.2 Å². The number of nitrogens with zero attached hydrogens (tertiary/aromatic N) is 1. The maximum Gasteiger partial charge on any atom is 0.263 e. The average Bonchev–Trinajstić information content (AvgIpc) is 2.63. The van der Waals surface area contributed by atoms with Crippen LogP contribution in [0.15, 0.2) is 0 Å². The summed E-state index contributed by atoms with van der Waals surface area (Å²) in [6.07, 6.45) is 1.14. The zero-order valence-electron chi connectivity index (χ0n) is 11.9. The number of carbonyl (C=O) groups excluding carboxylic acids is 1. The molecular formula is C13H21N3O2S2. The summed E-state index contributed by atoms with van der Waals surface area (Å²) in [6, 6.07) is 0. The summed E-state index contributed by atoms with van der Waals surface area (Å²) in [5.74, 6) is 2.80. The number of carbonyl (C=O) groups is 1. The predicted molar refractivity (Wildman–Crippen MR) is 87.4 cm³/mol. The third-order valence-electron chi connectivity index (χ3n) is 3.14. The minimum atomic E-state index is -0.122. The number of nitrogens with two attached hydrogens (primary N) is 1. The van der Waals surface area contributed by atoms with Gasteiger partial charge in [-0.15, -0.1) is 11.3 Å². The molecule has 1 aliphatic heterocycles. The minimum Gasteiger partial charge on any atom is -0.492 e. The van der Waals surface area contributed by atoms with E-state index in [0.29, 0.717) is 22.9 Å². The van der Waals surface area contributed by atoms with Gasteiger partial charge in [0.15, 0.2) is 5.75 Å². The Morgan fingerprint density at radius 3 is 2.95 bits per heavy atom. The first-order valence-electron chi connectivity index (χ1n) is 6.76. The lowest BCUT2D eigenvalue weighted by molar-refractivity contribution is 0.0960. The molecule has 0 spiro atoms. The van der Waals surface area contributed by atoms with Crippen molar-refractivity contribution in [3.8, 4) is 5.75 Å². The number of nitrogens with one attached hydrogen (secondary N) is 1. The molecule has 1 aromatic rings. The number of hydrogen-bond donors (Lipinski definition) is 2. The highest BCUT2D eigenvalue weighted by atomic mass is 32.2. The number of nitrogen functional groups attached to an aromatic ring is 1. The van der Waals surface area contributed by atoms with Gasteiger partial charge in [-0.1, -0.05) is 0 Å². The molecule has 20 heavy (non-hydrogen) atoms. The largest absolute Gasteiger partial charge is 0.492 e. The van der Waals surface area contributed by atoms with Gasteiger partial charge in [0.1, 0.15) is 15.6 Å². The molecule has 3 N–H and O–H groups in total. The zero-order valence-corrected chi connectivity index (χ0v) is 13.5. The van der Waals surface area contributed by atoms with Gasteiger partial charge in [-0.05, 0) is 19.1 Å². The van der Waals surface area contributed by atoms with Gasteiger partial charge in [0.25, 0.3) is 5.91 Å². The Labute approximate surface area is 127 Å². The summed E-state index contributed by atoms with van der Waals surface area (Å²) < 4.78 is 5.44. The third kappa shape index (κ3) is 3.15. The highest BCUT2D eigenvalue weighted by Crippen LogP contribution is 2.45. The van der Waals surface area contributed by atoms with Crippen molar-refractivity contribution in [1.82, 2.24) is 5.32 Å². The van der Waals surface area contributed by atoms with Gasteiger partial charge < -0.3 is 20.7 Å². The van der Waals surface area contributed by atoms with E-state index in [-0.39, 0.29) is 5.91 Å². The smallest absolute Gasteiger partial charge is 0.263 e. The molecule has 1 amide bonds. The van der Waals surface area contributed by atoms with Crippen LogP contribution in [0.3, 0.4) is 0 Å². The van der Waals surface area contributed by atoms with Gasteiger partial charge in [-0.25, -0.2) is 0 Å². The van der Waals surface area contributed by atoms with Gasteiger partial charge in [0, 0.05) is 25.4 Å². The summed E-state index contributed by atoms with van der Waals surface area (Å²) in [7, 11) is 1.61. The van der Waals surface area contributed by atoms with Gasteiger partial charge in [-0.3, -0.25) is 4.79 Å². The lowest BCUT2D eigenvalue weighted by Gasteiger charge is -2.21. The molecule has 0 unspecified atom stereocenters. The molecule has 0 radical (unpaired) electrons. The SMILES string of the molecule is CCNC(=O)c1sc(N2CCCSCC2)c(OC)c1N. The second-order valence-corrected chi connectivity index (χ2v) is 6.72. The highest BCUT2D eigenvalue weighted by molar-refractivity contribution is 7.99. The molecule has 0 saturated carbocycles. The number of ether oxygens (including phenoxy) is 1. The lowest BCUT2D eigenvalue weighted by atomic mass is 10.3. The molecule has 1 fully saturated rings.